The third kappa shape index (κ3) is 3.88. The molecule has 0 N–H and O–H groups in total. The molecule has 0 aliphatic heterocycles. The van der Waals surface area contributed by atoms with Gasteiger partial charge < -0.3 is 4.90 Å². The van der Waals surface area contributed by atoms with Crippen LogP contribution >= 0.6 is 11.3 Å². The summed E-state index contributed by atoms with van der Waals surface area (Å²) in [4.78, 5) is 18.6. The first-order chi connectivity index (χ1) is 12.3. The molecule has 0 saturated carbocycles. The number of carbonyl (C=O) groups is 1. The Bertz CT molecular complexity index is 903. The van der Waals surface area contributed by atoms with E-state index in [-0.39, 0.29) is 18.4 Å². The number of alkyl halides is 3. The Kier molecular flexibility index (Phi) is 5.00. The van der Waals surface area contributed by atoms with Gasteiger partial charge in [-0.2, -0.15) is 13.2 Å². The summed E-state index contributed by atoms with van der Waals surface area (Å²) in [6.07, 6.45) is -4.51. The van der Waals surface area contributed by atoms with Gasteiger partial charge in [-0.05, 0) is 30.7 Å². The van der Waals surface area contributed by atoms with E-state index in [2.05, 4.69) is 4.98 Å². The van der Waals surface area contributed by atoms with Crippen molar-refractivity contribution < 1.29 is 18.0 Å². The lowest BCUT2D eigenvalue weighted by Gasteiger charge is -2.23. The van der Waals surface area contributed by atoms with Crippen LogP contribution < -0.4 is 0 Å². The maximum atomic E-state index is 12.8. The van der Waals surface area contributed by atoms with Crippen molar-refractivity contribution in [3.63, 3.8) is 0 Å². The van der Waals surface area contributed by atoms with Crippen molar-refractivity contribution in [2.75, 3.05) is 7.05 Å². The van der Waals surface area contributed by atoms with Gasteiger partial charge in [-0.1, -0.05) is 30.3 Å². The van der Waals surface area contributed by atoms with Gasteiger partial charge in [-0.3, -0.25) is 4.79 Å². The predicted octanol–water partition coefficient (Wildman–Crippen LogP) is 5.08. The normalized spacial score (nSPS) is 13.0. The second kappa shape index (κ2) is 7.07. The molecule has 0 aliphatic carbocycles. The van der Waals surface area contributed by atoms with Crippen molar-refractivity contribution in [2.45, 2.75) is 25.6 Å². The van der Waals surface area contributed by atoms with E-state index in [9.17, 15) is 18.0 Å². The number of halogens is 3. The summed E-state index contributed by atoms with van der Waals surface area (Å²) in [5.74, 6) is -0.254. The van der Waals surface area contributed by atoms with Crippen LogP contribution in [0, 0.1) is 0 Å². The molecule has 0 saturated heterocycles. The molecular formula is C19H17F3N2OS. The molecule has 3 rings (SSSR count). The first-order valence-electron chi connectivity index (χ1n) is 8.03. The predicted molar refractivity (Wildman–Crippen MR) is 96.0 cm³/mol. The average molecular weight is 378 g/mol. The van der Waals surface area contributed by atoms with Crippen molar-refractivity contribution in [1.29, 1.82) is 0 Å². The van der Waals surface area contributed by atoms with Crippen LogP contribution in [0.3, 0.4) is 0 Å². The molecule has 3 aromatic rings. The molecule has 26 heavy (non-hydrogen) atoms. The summed E-state index contributed by atoms with van der Waals surface area (Å²) in [7, 11) is 1.65. The van der Waals surface area contributed by atoms with E-state index in [0.29, 0.717) is 5.56 Å². The van der Waals surface area contributed by atoms with Gasteiger partial charge in [0.1, 0.15) is 5.01 Å². The zero-order valence-electron chi connectivity index (χ0n) is 14.2. The third-order valence-corrected chi connectivity index (χ3v) is 5.46. The number of rotatable bonds is 4. The van der Waals surface area contributed by atoms with Crippen molar-refractivity contribution >= 4 is 27.5 Å². The minimum atomic E-state index is -4.42. The molecule has 136 valence electrons. The number of hydrogen-bond acceptors (Lipinski definition) is 3. The van der Waals surface area contributed by atoms with Gasteiger partial charge >= 0.3 is 6.18 Å². The average Bonchev–Trinajstić information content (AvgIpc) is 3.04. The van der Waals surface area contributed by atoms with Crippen LogP contribution in [0.1, 0.15) is 29.1 Å². The van der Waals surface area contributed by atoms with Crippen LogP contribution in [0.2, 0.25) is 0 Å². The SMILES string of the molecule is CC(c1nc2ccccc2s1)N(C)C(=O)Cc1cccc(C(F)(F)F)c1. The molecule has 0 aliphatic rings. The number of para-hydroxylation sites is 1. The van der Waals surface area contributed by atoms with E-state index in [0.717, 1.165) is 27.4 Å². The van der Waals surface area contributed by atoms with Gasteiger partial charge in [-0.25, -0.2) is 4.98 Å². The maximum absolute atomic E-state index is 12.8. The lowest BCUT2D eigenvalue weighted by Crippen LogP contribution is -2.31. The van der Waals surface area contributed by atoms with Crippen LogP contribution in [-0.4, -0.2) is 22.8 Å². The number of benzene rings is 2. The van der Waals surface area contributed by atoms with Gasteiger partial charge in [0.05, 0.1) is 28.2 Å². The first-order valence-corrected chi connectivity index (χ1v) is 8.84. The summed E-state index contributed by atoms with van der Waals surface area (Å²) in [6, 6.07) is 12.3. The summed E-state index contributed by atoms with van der Waals surface area (Å²) >= 11 is 1.51. The number of amides is 1. The summed E-state index contributed by atoms with van der Waals surface area (Å²) < 4.78 is 39.5. The Hall–Kier alpha value is -2.41. The van der Waals surface area contributed by atoms with Crippen LogP contribution in [0.25, 0.3) is 10.2 Å². The van der Waals surface area contributed by atoms with Gasteiger partial charge in [-0.15, -0.1) is 11.3 Å². The lowest BCUT2D eigenvalue weighted by atomic mass is 10.1. The van der Waals surface area contributed by atoms with Crippen LogP contribution in [0.15, 0.2) is 48.5 Å². The van der Waals surface area contributed by atoms with Crippen LogP contribution in [0.5, 0.6) is 0 Å². The minimum Gasteiger partial charge on any atom is -0.336 e. The highest BCUT2D eigenvalue weighted by molar-refractivity contribution is 7.18. The second-order valence-electron chi connectivity index (χ2n) is 6.08. The number of hydrogen-bond donors (Lipinski definition) is 0. The van der Waals surface area contributed by atoms with Gasteiger partial charge in [0, 0.05) is 7.05 Å². The van der Waals surface area contributed by atoms with Crippen LogP contribution in [-0.2, 0) is 17.4 Å². The number of thiazole rings is 1. The number of aromatic nitrogens is 1. The largest absolute Gasteiger partial charge is 0.416 e. The standard InChI is InChI=1S/C19H17F3N2OS/c1-12(18-23-15-8-3-4-9-16(15)26-18)24(2)17(25)11-13-6-5-7-14(10-13)19(20,21)22/h3-10,12H,11H2,1-2H3. The quantitative estimate of drug-likeness (QED) is 0.634. The molecule has 7 heteroatoms. The molecule has 0 bridgehead atoms. The highest BCUT2D eigenvalue weighted by Crippen LogP contribution is 2.31. The summed E-state index contributed by atoms with van der Waals surface area (Å²) in [5, 5.41) is 0.797. The van der Waals surface area contributed by atoms with Crippen molar-refractivity contribution in [3.05, 3.63) is 64.7 Å². The van der Waals surface area contributed by atoms with E-state index >= 15 is 0 Å². The molecule has 2 aromatic carbocycles. The van der Waals surface area contributed by atoms with Crippen molar-refractivity contribution in [2.24, 2.45) is 0 Å². The molecule has 0 radical (unpaired) electrons. The van der Waals surface area contributed by atoms with Crippen molar-refractivity contribution in [3.8, 4) is 0 Å². The third-order valence-electron chi connectivity index (χ3n) is 4.25. The zero-order chi connectivity index (χ0) is 18.9. The Morgan fingerprint density at radius 2 is 1.92 bits per heavy atom. The van der Waals surface area contributed by atoms with Crippen molar-refractivity contribution in [1.82, 2.24) is 9.88 Å². The van der Waals surface area contributed by atoms with Gasteiger partial charge in [0.15, 0.2) is 0 Å². The van der Waals surface area contributed by atoms with E-state index in [1.54, 1.807) is 7.05 Å². The maximum Gasteiger partial charge on any atom is 0.416 e. The molecule has 1 heterocycles. The topological polar surface area (TPSA) is 33.2 Å². The Morgan fingerprint density at radius 3 is 2.62 bits per heavy atom. The Morgan fingerprint density at radius 1 is 1.19 bits per heavy atom. The number of fused-ring (bicyclic) bond motifs is 1. The molecule has 0 spiro atoms. The summed E-state index contributed by atoms with van der Waals surface area (Å²) in [6.45, 7) is 1.86. The van der Waals surface area contributed by atoms with Gasteiger partial charge in [0.2, 0.25) is 5.91 Å². The molecule has 1 atom stereocenters. The number of carbonyl (C=O) groups excluding carboxylic acids is 1. The van der Waals surface area contributed by atoms with E-state index in [1.165, 1.54) is 28.4 Å². The minimum absolute atomic E-state index is 0.0876. The Balaban J connectivity index is 1.75. The highest BCUT2D eigenvalue weighted by Gasteiger charge is 2.30. The van der Waals surface area contributed by atoms with Gasteiger partial charge in [0.25, 0.3) is 0 Å². The fraction of sp³-hybridized carbons (Fsp3) is 0.263. The fourth-order valence-electron chi connectivity index (χ4n) is 2.61. The molecule has 1 unspecified atom stereocenters. The van der Waals surface area contributed by atoms with E-state index in [1.807, 2.05) is 31.2 Å². The van der Waals surface area contributed by atoms with Crippen LogP contribution in [0.4, 0.5) is 13.2 Å². The summed E-state index contributed by atoms with van der Waals surface area (Å²) in [5.41, 5.74) is 0.468. The van der Waals surface area contributed by atoms with E-state index in [4.69, 9.17) is 0 Å². The molecule has 1 aromatic heterocycles. The second-order valence-corrected chi connectivity index (χ2v) is 7.14. The highest BCUT2D eigenvalue weighted by atomic mass is 32.1. The zero-order valence-corrected chi connectivity index (χ0v) is 15.1. The molecular weight excluding hydrogens is 361 g/mol. The first kappa shape index (κ1) is 18.4. The van der Waals surface area contributed by atoms with E-state index < -0.39 is 11.7 Å². The smallest absolute Gasteiger partial charge is 0.336 e. The fourth-order valence-corrected chi connectivity index (χ4v) is 3.67. The Labute approximate surface area is 153 Å². The number of nitrogens with zero attached hydrogens (tertiary/aromatic N) is 2. The monoisotopic (exact) mass is 378 g/mol. The molecule has 3 nitrogen and oxygen atoms in total. The lowest BCUT2D eigenvalue weighted by molar-refractivity contribution is -0.138. The molecule has 1 amide bonds. The molecule has 0 fully saturated rings. The number of likely N-dealkylation sites (N-methyl/N-ethyl adjacent to an activating group) is 1.